The van der Waals surface area contributed by atoms with Gasteiger partial charge in [-0.25, -0.2) is 0 Å². The van der Waals surface area contributed by atoms with Gasteiger partial charge in [0.15, 0.2) is 11.5 Å². The summed E-state index contributed by atoms with van der Waals surface area (Å²) in [5.41, 5.74) is 1.21. The molecule has 4 heteroatoms. The minimum Gasteiger partial charge on any atom is -0.493 e. The first-order valence-electron chi connectivity index (χ1n) is 5.97. The van der Waals surface area contributed by atoms with Gasteiger partial charge in [0, 0.05) is 12.6 Å². The summed E-state index contributed by atoms with van der Waals surface area (Å²) >= 11 is 3.53. The molecule has 0 spiro atoms. The van der Waals surface area contributed by atoms with Crippen LogP contribution in [0.5, 0.6) is 11.5 Å². The third-order valence-corrected chi connectivity index (χ3v) is 3.34. The van der Waals surface area contributed by atoms with E-state index in [2.05, 4.69) is 27.3 Å². The molecular formula is C13H18BrNO2. The number of nitrogens with one attached hydrogen (secondary N) is 1. The van der Waals surface area contributed by atoms with Crippen LogP contribution in [0, 0.1) is 0 Å². The van der Waals surface area contributed by atoms with Crippen molar-refractivity contribution in [2.45, 2.75) is 32.4 Å². The number of ether oxygens (including phenoxy) is 2. The molecule has 0 bridgehead atoms. The minimum absolute atomic E-state index is 0.634. The van der Waals surface area contributed by atoms with Crippen molar-refractivity contribution in [1.29, 1.82) is 0 Å². The van der Waals surface area contributed by atoms with Crippen LogP contribution in [0.4, 0.5) is 0 Å². The number of halogens is 1. The molecule has 17 heavy (non-hydrogen) atoms. The maximum Gasteiger partial charge on any atom is 0.175 e. The van der Waals surface area contributed by atoms with Gasteiger partial charge in [-0.05, 0) is 53.4 Å². The summed E-state index contributed by atoms with van der Waals surface area (Å²) in [6.07, 6.45) is 2.60. The van der Waals surface area contributed by atoms with E-state index in [1.807, 2.05) is 13.0 Å². The van der Waals surface area contributed by atoms with Gasteiger partial charge in [0.05, 0.1) is 18.2 Å². The van der Waals surface area contributed by atoms with Crippen LogP contribution in [0.1, 0.15) is 25.3 Å². The van der Waals surface area contributed by atoms with Crippen LogP contribution in [0.15, 0.2) is 16.6 Å². The van der Waals surface area contributed by atoms with E-state index in [0.29, 0.717) is 12.6 Å². The molecule has 1 aliphatic carbocycles. The number of hydrogen-bond acceptors (Lipinski definition) is 3. The van der Waals surface area contributed by atoms with Crippen LogP contribution >= 0.6 is 15.9 Å². The molecular weight excluding hydrogens is 282 g/mol. The quantitative estimate of drug-likeness (QED) is 0.875. The van der Waals surface area contributed by atoms with Gasteiger partial charge < -0.3 is 14.8 Å². The fourth-order valence-electron chi connectivity index (χ4n) is 1.71. The summed E-state index contributed by atoms with van der Waals surface area (Å²) in [5.74, 6) is 1.57. The van der Waals surface area contributed by atoms with Gasteiger partial charge >= 0.3 is 0 Å². The van der Waals surface area contributed by atoms with E-state index in [1.165, 1.54) is 18.4 Å². The van der Waals surface area contributed by atoms with Gasteiger partial charge in [-0.3, -0.25) is 0 Å². The fourth-order valence-corrected chi connectivity index (χ4v) is 2.31. The predicted octanol–water partition coefficient (Wildman–Crippen LogP) is 3.11. The van der Waals surface area contributed by atoms with Crippen LogP contribution in [0.25, 0.3) is 0 Å². The molecule has 94 valence electrons. The van der Waals surface area contributed by atoms with E-state index < -0.39 is 0 Å². The molecule has 1 aromatic rings. The molecule has 0 unspecified atom stereocenters. The molecule has 0 atom stereocenters. The zero-order chi connectivity index (χ0) is 12.3. The van der Waals surface area contributed by atoms with E-state index in [0.717, 1.165) is 22.5 Å². The molecule has 3 nitrogen and oxygen atoms in total. The molecule has 1 N–H and O–H groups in total. The molecule has 0 aliphatic heterocycles. The van der Waals surface area contributed by atoms with Gasteiger partial charge in [0.1, 0.15) is 0 Å². The lowest BCUT2D eigenvalue weighted by Crippen LogP contribution is -2.15. The molecule has 0 aromatic heterocycles. The lowest BCUT2D eigenvalue weighted by atomic mass is 10.2. The molecule has 1 aliphatic rings. The lowest BCUT2D eigenvalue weighted by molar-refractivity contribution is 0.308. The lowest BCUT2D eigenvalue weighted by Gasteiger charge is -2.13. The van der Waals surface area contributed by atoms with Crippen molar-refractivity contribution in [1.82, 2.24) is 5.32 Å². The second-order valence-electron chi connectivity index (χ2n) is 4.20. The Balaban J connectivity index is 2.13. The Morgan fingerprint density at radius 3 is 2.76 bits per heavy atom. The van der Waals surface area contributed by atoms with Crippen molar-refractivity contribution in [2.24, 2.45) is 0 Å². The van der Waals surface area contributed by atoms with E-state index >= 15 is 0 Å². The molecule has 1 saturated carbocycles. The molecule has 0 saturated heterocycles. The first-order chi connectivity index (χ1) is 8.24. The Kier molecular flexibility index (Phi) is 4.29. The summed E-state index contributed by atoms with van der Waals surface area (Å²) in [6.45, 7) is 3.48. The highest BCUT2D eigenvalue weighted by Gasteiger charge is 2.20. The van der Waals surface area contributed by atoms with Crippen molar-refractivity contribution in [2.75, 3.05) is 13.7 Å². The Morgan fingerprint density at radius 1 is 1.41 bits per heavy atom. The molecule has 1 fully saturated rings. The average molecular weight is 300 g/mol. The first-order valence-corrected chi connectivity index (χ1v) is 6.76. The normalized spacial score (nSPS) is 14.8. The third kappa shape index (κ3) is 3.36. The summed E-state index contributed by atoms with van der Waals surface area (Å²) in [5, 5.41) is 3.49. The smallest absolute Gasteiger partial charge is 0.175 e. The maximum absolute atomic E-state index is 5.56. The van der Waals surface area contributed by atoms with Crippen molar-refractivity contribution >= 4 is 15.9 Å². The second-order valence-corrected chi connectivity index (χ2v) is 5.05. The third-order valence-electron chi connectivity index (χ3n) is 2.75. The van der Waals surface area contributed by atoms with E-state index in [9.17, 15) is 0 Å². The van der Waals surface area contributed by atoms with Gasteiger partial charge in [-0.1, -0.05) is 0 Å². The average Bonchev–Trinajstić information content (AvgIpc) is 3.13. The topological polar surface area (TPSA) is 30.5 Å². The van der Waals surface area contributed by atoms with Gasteiger partial charge in [0.2, 0.25) is 0 Å². The summed E-state index contributed by atoms with van der Waals surface area (Å²) in [6, 6.07) is 4.83. The molecule has 0 heterocycles. The first kappa shape index (κ1) is 12.7. The zero-order valence-corrected chi connectivity index (χ0v) is 11.8. The highest BCUT2D eigenvalue weighted by molar-refractivity contribution is 9.10. The van der Waals surface area contributed by atoms with Crippen molar-refractivity contribution in [3.63, 3.8) is 0 Å². The highest BCUT2D eigenvalue weighted by atomic mass is 79.9. The minimum atomic E-state index is 0.634. The molecule has 0 amide bonds. The number of hydrogen-bond donors (Lipinski definition) is 1. The van der Waals surface area contributed by atoms with E-state index in [1.54, 1.807) is 7.11 Å². The van der Waals surface area contributed by atoms with Crippen molar-refractivity contribution < 1.29 is 9.47 Å². The molecule has 0 radical (unpaired) electrons. The summed E-state index contributed by atoms with van der Waals surface area (Å²) in [4.78, 5) is 0. The Bertz CT molecular complexity index is 391. The maximum atomic E-state index is 5.56. The zero-order valence-electron chi connectivity index (χ0n) is 10.3. The second kappa shape index (κ2) is 5.74. The Hall–Kier alpha value is -0.740. The molecule has 1 aromatic carbocycles. The highest BCUT2D eigenvalue weighted by Crippen LogP contribution is 2.36. The van der Waals surface area contributed by atoms with E-state index in [4.69, 9.17) is 9.47 Å². The van der Waals surface area contributed by atoms with Crippen LogP contribution in [-0.2, 0) is 6.54 Å². The fraction of sp³-hybridized carbons (Fsp3) is 0.538. The van der Waals surface area contributed by atoms with Crippen LogP contribution < -0.4 is 14.8 Å². The predicted molar refractivity (Wildman–Crippen MR) is 71.7 cm³/mol. The Morgan fingerprint density at radius 2 is 2.18 bits per heavy atom. The number of rotatable bonds is 6. The van der Waals surface area contributed by atoms with Gasteiger partial charge in [-0.15, -0.1) is 0 Å². The van der Waals surface area contributed by atoms with Crippen molar-refractivity contribution in [3.8, 4) is 11.5 Å². The summed E-state index contributed by atoms with van der Waals surface area (Å²) in [7, 11) is 1.67. The Labute approximate surface area is 111 Å². The SMILES string of the molecule is CCOc1c(Br)cc(CNC2CC2)cc1OC. The standard InChI is InChI=1S/C13H18BrNO2/c1-3-17-13-11(14)6-9(7-12(13)16-2)8-15-10-4-5-10/h6-7,10,15H,3-5,8H2,1-2H3. The van der Waals surface area contributed by atoms with Crippen LogP contribution in [0.3, 0.4) is 0 Å². The largest absolute Gasteiger partial charge is 0.493 e. The monoisotopic (exact) mass is 299 g/mol. The van der Waals surface area contributed by atoms with Crippen LogP contribution in [-0.4, -0.2) is 19.8 Å². The van der Waals surface area contributed by atoms with Gasteiger partial charge in [-0.2, -0.15) is 0 Å². The number of benzene rings is 1. The molecule has 2 rings (SSSR count). The van der Waals surface area contributed by atoms with Crippen molar-refractivity contribution in [3.05, 3.63) is 22.2 Å². The van der Waals surface area contributed by atoms with Gasteiger partial charge in [0.25, 0.3) is 0 Å². The van der Waals surface area contributed by atoms with Crippen LogP contribution in [0.2, 0.25) is 0 Å². The van der Waals surface area contributed by atoms with E-state index in [-0.39, 0.29) is 0 Å². The number of methoxy groups -OCH3 is 1. The summed E-state index contributed by atoms with van der Waals surface area (Å²) < 4.78 is 11.9.